The second kappa shape index (κ2) is 6.74. The van der Waals surface area contributed by atoms with E-state index in [2.05, 4.69) is 10.5 Å². The first-order chi connectivity index (χ1) is 11.2. The monoisotopic (exact) mass is 332 g/mol. The van der Waals surface area contributed by atoms with Crippen LogP contribution >= 0.6 is 0 Å². The average molecular weight is 332 g/mol. The lowest BCUT2D eigenvalue weighted by Gasteiger charge is -2.12. The van der Waals surface area contributed by atoms with Gasteiger partial charge >= 0.3 is 5.97 Å². The van der Waals surface area contributed by atoms with Crippen molar-refractivity contribution in [1.29, 1.82) is 0 Å². The molecule has 2 rings (SSSR count). The third-order valence-electron chi connectivity index (χ3n) is 3.29. The summed E-state index contributed by atoms with van der Waals surface area (Å²) >= 11 is 0. The van der Waals surface area contributed by atoms with Crippen molar-refractivity contribution in [3.63, 3.8) is 0 Å². The summed E-state index contributed by atoms with van der Waals surface area (Å²) in [5, 5.41) is 15.2. The van der Waals surface area contributed by atoms with E-state index in [4.69, 9.17) is 14.4 Å². The molecule has 0 aliphatic carbocycles. The fraction of sp³-hybridized carbons (Fsp3) is 0.353. The highest BCUT2D eigenvalue weighted by Crippen LogP contribution is 2.24. The Hall–Kier alpha value is -2.83. The van der Waals surface area contributed by atoms with Crippen LogP contribution in [0.1, 0.15) is 42.6 Å². The number of carbonyl (C=O) groups is 2. The van der Waals surface area contributed by atoms with Crippen LogP contribution in [0.3, 0.4) is 0 Å². The molecule has 0 spiro atoms. The van der Waals surface area contributed by atoms with Gasteiger partial charge in [0.1, 0.15) is 11.5 Å². The number of rotatable bonds is 5. The van der Waals surface area contributed by atoms with Crippen LogP contribution in [0.4, 0.5) is 5.69 Å². The fourth-order valence-corrected chi connectivity index (χ4v) is 1.93. The zero-order chi connectivity index (χ0) is 17.9. The molecule has 0 fully saturated rings. The first-order valence-corrected chi connectivity index (χ1v) is 7.40. The normalized spacial score (nSPS) is 11.2. The van der Waals surface area contributed by atoms with Crippen LogP contribution in [0, 0.1) is 6.92 Å². The summed E-state index contributed by atoms with van der Waals surface area (Å²) in [4.78, 5) is 22.8. The molecule has 1 heterocycles. The Kier molecular flexibility index (Phi) is 4.92. The molecule has 0 saturated carbocycles. The molecule has 0 atom stereocenters. The van der Waals surface area contributed by atoms with Gasteiger partial charge in [0.2, 0.25) is 0 Å². The smallest absolute Gasteiger partial charge is 0.341 e. The van der Waals surface area contributed by atoms with Crippen LogP contribution in [0.15, 0.2) is 28.8 Å². The summed E-state index contributed by atoms with van der Waals surface area (Å²) in [6.07, 6.45) is 0. The van der Waals surface area contributed by atoms with Gasteiger partial charge in [0.15, 0.2) is 12.3 Å². The van der Waals surface area contributed by atoms with Crippen LogP contribution in [0.2, 0.25) is 0 Å². The van der Waals surface area contributed by atoms with Gasteiger partial charge in [0, 0.05) is 17.2 Å². The number of carboxylic acids is 1. The number of aryl methyl sites for hydroxylation is 1. The van der Waals surface area contributed by atoms with E-state index in [9.17, 15) is 9.59 Å². The van der Waals surface area contributed by atoms with Crippen LogP contribution in [0.5, 0.6) is 5.75 Å². The highest BCUT2D eigenvalue weighted by atomic mass is 16.5. The molecule has 128 valence electrons. The molecule has 7 nitrogen and oxygen atoms in total. The van der Waals surface area contributed by atoms with Gasteiger partial charge in [0.25, 0.3) is 5.91 Å². The van der Waals surface area contributed by atoms with Crippen LogP contribution in [0.25, 0.3) is 0 Å². The first-order valence-electron chi connectivity index (χ1n) is 7.40. The number of carboxylic acid groups (broad SMARTS) is 1. The van der Waals surface area contributed by atoms with Crippen molar-refractivity contribution in [1.82, 2.24) is 5.16 Å². The SMILES string of the molecule is Cc1cc(OCC(=O)O)ccc1NC(=O)c1cc(C(C)(C)C)on1. The van der Waals surface area contributed by atoms with Crippen molar-refractivity contribution < 1.29 is 24.0 Å². The summed E-state index contributed by atoms with van der Waals surface area (Å²) in [5.74, 6) is -0.381. The maximum atomic E-state index is 12.3. The molecule has 0 saturated heterocycles. The van der Waals surface area contributed by atoms with E-state index in [-0.39, 0.29) is 17.0 Å². The number of anilines is 1. The maximum absolute atomic E-state index is 12.3. The molecule has 1 aromatic heterocycles. The summed E-state index contributed by atoms with van der Waals surface area (Å²) in [6, 6.07) is 6.51. The molecule has 1 aromatic carbocycles. The topological polar surface area (TPSA) is 102 Å². The third-order valence-corrected chi connectivity index (χ3v) is 3.29. The Bertz CT molecular complexity index is 759. The van der Waals surface area contributed by atoms with E-state index in [1.807, 2.05) is 20.8 Å². The predicted octanol–water partition coefficient (Wildman–Crippen LogP) is 3.00. The zero-order valence-electron chi connectivity index (χ0n) is 14.0. The number of aliphatic carboxylic acids is 1. The quantitative estimate of drug-likeness (QED) is 0.872. The molecule has 0 bridgehead atoms. The Morgan fingerprint density at radius 2 is 2.00 bits per heavy atom. The van der Waals surface area contributed by atoms with E-state index < -0.39 is 12.6 Å². The maximum Gasteiger partial charge on any atom is 0.341 e. The number of carbonyl (C=O) groups excluding carboxylic acids is 1. The minimum Gasteiger partial charge on any atom is -0.482 e. The second-order valence-corrected chi connectivity index (χ2v) is 6.44. The molecule has 0 aliphatic heterocycles. The largest absolute Gasteiger partial charge is 0.482 e. The van der Waals surface area contributed by atoms with E-state index in [1.165, 1.54) is 0 Å². The van der Waals surface area contributed by atoms with Gasteiger partial charge in [-0.3, -0.25) is 4.79 Å². The number of nitrogens with one attached hydrogen (secondary N) is 1. The van der Waals surface area contributed by atoms with E-state index in [0.717, 1.165) is 5.56 Å². The second-order valence-electron chi connectivity index (χ2n) is 6.44. The van der Waals surface area contributed by atoms with Gasteiger partial charge in [-0.1, -0.05) is 25.9 Å². The van der Waals surface area contributed by atoms with Crippen LogP contribution in [-0.4, -0.2) is 28.7 Å². The molecule has 0 aliphatic rings. The number of hydrogen-bond donors (Lipinski definition) is 2. The molecule has 0 radical (unpaired) electrons. The van der Waals surface area contributed by atoms with Gasteiger partial charge in [-0.15, -0.1) is 0 Å². The van der Waals surface area contributed by atoms with Crippen molar-refractivity contribution in [2.75, 3.05) is 11.9 Å². The Morgan fingerprint density at radius 3 is 2.54 bits per heavy atom. The third kappa shape index (κ3) is 4.34. The highest BCUT2D eigenvalue weighted by molar-refractivity contribution is 6.03. The summed E-state index contributed by atoms with van der Waals surface area (Å²) in [7, 11) is 0. The highest BCUT2D eigenvalue weighted by Gasteiger charge is 2.22. The van der Waals surface area contributed by atoms with Gasteiger partial charge in [-0.05, 0) is 30.7 Å². The predicted molar refractivity (Wildman–Crippen MR) is 87.5 cm³/mol. The Balaban J connectivity index is 2.09. The number of aromatic nitrogens is 1. The summed E-state index contributed by atoms with van der Waals surface area (Å²) in [6.45, 7) is 7.27. The molecule has 0 unspecified atom stereocenters. The number of nitrogens with zero attached hydrogens (tertiary/aromatic N) is 1. The Labute approximate surface area is 139 Å². The van der Waals surface area contributed by atoms with E-state index >= 15 is 0 Å². The lowest BCUT2D eigenvalue weighted by atomic mass is 9.93. The van der Waals surface area contributed by atoms with Gasteiger partial charge in [-0.25, -0.2) is 4.79 Å². The van der Waals surface area contributed by atoms with Gasteiger partial charge < -0.3 is 19.7 Å². The first kappa shape index (κ1) is 17.5. The number of benzene rings is 1. The van der Waals surface area contributed by atoms with Crippen molar-refractivity contribution in [3.8, 4) is 5.75 Å². The number of amides is 1. The number of ether oxygens (including phenoxy) is 1. The molecule has 2 aromatic rings. The fourth-order valence-electron chi connectivity index (χ4n) is 1.93. The standard InChI is InChI=1S/C17H20N2O5/c1-10-7-11(23-9-15(20)21)5-6-12(10)18-16(22)13-8-14(24-19-13)17(2,3)4/h5-8H,9H2,1-4H3,(H,18,22)(H,20,21). The van der Waals surface area contributed by atoms with Gasteiger partial charge in [-0.2, -0.15) is 0 Å². The van der Waals surface area contributed by atoms with Gasteiger partial charge in [0.05, 0.1) is 0 Å². The van der Waals surface area contributed by atoms with E-state index in [0.29, 0.717) is 17.2 Å². The minimum atomic E-state index is -1.05. The summed E-state index contributed by atoms with van der Waals surface area (Å²) < 4.78 is 10.3. The molecular weight excluding hydrogens is 312 g/mol. The lowest BCUT2D eigenvalue weighted by molar-refractivity contribution is -0.139. The van der Waals surface area contributed by atoms with Crippen molar-refractivity contribution >= 4 is 17.6 Å². The van der Waals surface area contributed by atoms with Crippen molar-refractivity contribution in [2.45, 2.75) is 33.1 Å². The average Bonchev–Trinajstić information content (AvgIpc) is 2.97. The molecule has 7 heteroatoms. The zero-order valence-corrected chi connectivity index (χ0v) is 14.0. The molecule has 1 amide bonds. The van der Waals surface area contributed by atoms with Crippen LogP contribution in [-0.2, 0) is 10.2 Å². The number of hydrogen-bond acceptors (Lipinski definition) is 5. The van der Waals surface area contributed by atoms with Crippen molar-refractivity contribution in [2.24, 2.45) is 0 Å². The molecule has 2 N–H and O–H groups in total. The minimum absolute atomic E-state index is 0.200. The van der Waals surface area contributed by atoms with Crippen molar-refractivity contribution in [3.05, 3.63) is 41.3 Å². The van der Waals surface area contributed by atoms with Crippen LogP contribution < -0.4 is 10.1 Å². The Morgan fingerprint density at radius 1 is 1.29 bits per heavy atom. The lowest BCUT2D eigenvalue weighted by Crippen LogP contribution is -2.14. The molecular formula is C17H20N2O5. The summed E-state index contributed by atoms with van der Waals surface area (Å²) in [5.41, 5.74) is 1.30. The van der Waals surface area contributed by atoms with E-state index in [1.54, 1.807) is 31.2 Å². The molecule has 24 heavy (non-hydrogen) atoms.